The van der Waals surface area contributed by atoms with E-state index in [2.05, 4.69) is 105 Å². The van der Waals surface area contributed by atoms with Crippen LogP contribution in [0.2, 0.25) is 0 Å². The average Bonchev–Trinajstić information content (AvgIpc) is 3.39. The smallest absolute Gasteiger partial charge is 0.0922 e. The van der Waals surface area contributed by atoms with E-state index < -0.39 is 9.71 Å². The number of aromatic amines is 1. The van der Waals surface area contributed by atoms with Gasteiger partial charge in [-0.25, -0.2) is 9.29 Å². The Morgan fingerprint density at radius 1 is 0.973 bits per heavy atom. The van der Waals surface area contributed by atoms with E-state index in [1.54, 1.807) is 6.33 Å². The molecule has 0 aliphatic carbocycles. The molecule has 0 bridgehead atoms. The first-order valence-corrected chi connectivity index (χ1v) is 14.5. The Kier molecular flexibility index (Phi) is 6.36. The van der Waals surface area contributed by atoms with Gasteiger partial charge in [0.25, 0.3) is 0 Å². The van der Waals surface area contributed by atoms with Crippen molar-refractivity contribution in [3.63, 3.8) is 0 Å². The molecule has 1 N–H and O–H groups in total. The maximum absolute atomic E-state index is 14.8. The fourth-order valence-electron chi connectivity index (χ4n) is 5.56. The first-order valence-electron chi connectivity index (χ1n) is 12.8. The number of nitrogens with zero attached hydrogens (tertiary/aromatic N) is 4. The summed E-state index contributed by atoms with van der Waals surface area (Å²) in [6.45, 7) is 2.96. The van der Waals surface area contributed by atoms with E-state index in [9.17, 15) is 4.21 Å². The van der Waals surface area contributed by atoms with Gasteiger partial charge in [-0.3, -0.25) is 4.21 Å². The van der Waals surface area contributed by atoms with E-state index in [1.165, 1.54) is 22.4 Å². The van der Waals surface area contributed by atoms with Crippen molar-refractivity contribution >= 4 is 20.3 Å². The summed E-state index contributed by atoms with van der Waals surface area (Å²) >= 11 is 0. The van der Waals surface area contributed by atoms with Gasteiger partial charge in [0, 0.05) is 51.8 Å². The van der Waals surface area contributed by atoms with Crippen molar-refractivity contribution in [2.24, 2.45) is 0 Å². The van der Waals surface area contributed by atoms with Gasteiger partial charge >= 0.3 is 0 Å². The number of rotatable bonds is 7. The maximum atomic E-state index is 14.8. The van der Waals surface area contributed by atoms with Crippen LogP contribution in [-0.2, 0) is 22.8 Å². The molecule has 0 spiro atoms. The largest absolute Gasteiger partial charge is 0.363 e. The summed E-state index contributed by atoms with van der Waals surface area (Å²) in [4.78, 5) is 13.2. The van der Waals surface area contributed by atoms with Crippen LogP contribution in [0.25, 0.3) is 11.1 Å². The predicted molar refractivity (Wildman–Crippen MR) is 153 cm³/mol. The first kappa shape index (κ1) is 24.0. The summed E-state index contributed by atoms with van der Waals surface area (Å²) in [6, 6.07) is 27.7. The molecule has 0 saturated carbocycles. The van der Waals surface area contributed by atoms with Crippen molar-refractivity contribution in [2.75, 3.05) is 37.8 Å². The molecular weight excluding hydrogens is 478 g/mol. The third-order valence-corrected chi connectivity index (χ3v) is 10.5. The van der Waals surface area contributed by atoms with Gasteiger partial charge in [0.2, 0.25) is 0 Å². The van der Waals surface area contributed by atoms with Crippen LogP contribution >= 0.6 is 0 Å². The predicted octanol–water partition coefficient (Wildman–Crippen LogP) is 4.26. The number of hydrogen-bond acceptors (Lipinski definition) is 4. The molecule has 6 nitrogen and oxygen atoms in total. The second kappa shape index (κ2) is 9.82. The Bertz CT molecular complexity index is 1490. The van der Waals surface area contributed by atoms with Gasteiger partial charge in [-0.2, -0.15) is 0 Å². The zero-order valence-corrected chi connectivity index (χ0v) is 22.2. The molecule has 6 rings (SSSR count). The lowest BCUT2D eigenvalue weighted by molar-refractivity contribution is 0.377. The average molecular weight is 512 g/mol. The van der Waals surface area contributed by atoms with Gasteiger partial charge in [-0.15, -0.1) is 0 Å². The minimum absolute atomic E-state index is 0.0903. The second-order valence-electron chi connectivity index (χ2n) is 10.1. The van der Waals surface area contributed by atoms with Crippen LogP contribution in [-0.4, -0.2) is 67.2 Å². The Morgan fingerprint density at radius 2 is 1.70 bits per heavy atom. The molecule has 2 aliphatic rings. The van der Waals surface area contributed by atoms with Crippen molar-refractivity contribution in [1.29, 1.82) is 0 Å². The van der Waals surface area contributed by atoms with Crippen molar-refractivity contribution in [3.05, 3.63) is 108 Å². The minimum atomic E-state index is -2.35. The third kappa shape index (κ3) is 4.48. The van der Waals surface area contributed by atoms with Gasteiger partial charge in [-0.05, 0) is 48.5 Å². The number of aromatic nitrogens is 2. The van der Waals surface area contributed by atoms with Crippen LogP contribution in [0.15, 0.2) is 91.4 Å². The van der Waals surface area contributed by atoms with Gasteiger partial charge < -0.3 is 14.8 Å². The van der Waals surface area contributed by atoms with Gasteiger partial charge in [0.1, 0.15) is 0 Å². The highest BCUT2D eigenvalue weighted by Crippen LogP contribution is 2.39. The highest BCUT2D eigenvalue weighted by Gasteiger charge is 2.47. The Morgan fingerprint density at radius 3 is 2.38 bits per heavy atom. The molecule has 190 valence electrons. The molecule has 0 fully saturated rings. The third-order valence-electron chi connectivity index (χ3n) is 7.41. The van der Waals surface area contributed by atoms with E-state index in [-0.39, 0.29) is 6.04 Å². The zero-order chi connectivity index (χ0) is 25.4. The van der Waals surface area contributed by atoms with Crippen LogP contribution in [0.5, 0.6) is 0 Å². The van der Waals surface area contributed by atoms with Gasteiger partial charge in [-0.1, -0.05) is 66.7 Å². The molecule has 4 aromatic rings. The molecule has 0 amide bonds. The van der Waals surface area contributed by atoms with E-state index in [0.29, 0.717) is 12.3 Å². The molecule has 0 saturated heterocycles. The Labute approximate surface area is 219 Å². The lowest BCUT2D eigenvalue weighted by Gasteiger charge is -2.47. The zero-order valence-electron chi connectivity index (χ0n) is 21.4. The number of anilines is 1. The molecule has 2 aliphatic heterocycles. The van der Waals surface area contributed by atoms with Crippen molar-refractivity contribution < 1.29 is 4.21 Å². The van der Waals surface area contributed by atoms with E-state index in [0.717, 1.165) is 35.8 Å². The summed E-state index contributed by atoms with van der Waals surface area (Å²) in [5.41, 5.74) is 6.97. The summed E-state index contributed by atoms with van der Waals surface area (Å²) in [6.07, 6.45) is 3.63. The Hall–Kier alpha value is -3.39. The minimum Gasteiger partial charge on any atom is -0.363 e. The van der Waals surface area contributed by atoms with Crippen molar-refractivity contribution in [1.82, 2.24) is 19.2 Å². The van der Waals surface area contributed by atoms with Crippen LogP contribution in [0, 0.1) is 0 Å². The number of fused-ring (bicyclic) bond motifs is 2. The lowest BCUT2D eigenvalue weighted by atomic mass is 10.0. The molecule has 1 unspecified atom stereocenters. The molecule has 1 aromatic heterocycles. The maximum Gasteiger partial charge on any atom is 0.0922 e. The number of H-pyrrole nitrogens is 1. The van der Waals surface area contributed by atoms with Crippen LogP contribution in [0.1, 0.15) is 16.8 Å². The van der Waals surface area contributed by atoms with Crippen LogP contribution in [0.3, 0.4) is 0 Å². The van der Waals surface area contributed by atoms with Gasteiger partial charge in [0.15, 0.2) is 0 Å². The molecule has 2 atom stereocenters. The normalized spacial score (nSPS) is 21.3. The van der Waals surface area contributed by atoms with E-state index >= 15 is 0 Å². The number of nitrogens with one attached hydrogen (secondary N) is 1. The quantitative estimate of drug-likeness (QED) is 0.377. The van der Waals surface area contributed by atoms with E-state index in [1.807, 2.05) is 18.3 Å². The summed E-state index contributed by atoms with van der Waals surface area (Å²) in [7, 11) is 1.76. The highest BCUT2D eigenvalue weighted by atomic mass is 32.2. The highest BCUT2D eigenvalue weighted by molar-refractivity contribution is 8.02. The molecule has 3 heterocycles. The van der Waals surface area contributed by atoms with Crippen molar-refractivity contribution in [2.45, 2.75) is 19.1 Å². The fourth-order valence-corrected chi connectivity index (χ4v) is 8.78. The molecule has 37 heavy (non-hydrogen) atoms. The fraction of sp³-hybridized carbons (Fsp3) is 0.267. The van der Waals surface area contributed by atoms with Crippen molar-refractivity contribution in [3.8, 4) is 11.1 Å². The molecule has 0 radical (unpaired) electrons. The standard InChI is InChI=1S/C30H33N5OS/c1-33(2)15-16-37(36)30(24-11-7-4-8-12-24)29-21-34(20-27-18-31-22-32-27)28-14-13-25(17-26(28)19-35(29)37)23-9-5-3-6-10-23/h3-14,17-18,22,29H,15-16,19-21H2,1-2H3,(H,31,32)/t29-,37?/m0/s1. The topological polar surface area (TPSA) is 55.5 Å². The Balaban J connectivity index is 1.47. The molecule has 7 heteroatoms. The number of imidazole rings is 1. The molecular formula is C30H33N5OS. The monoisotopic (exact) mass is 511 g/mol. The molecule has 3 aromatic carbocycles. The summed E-state index contributed by atoms with van der Waals surface area (Å²) in [5, 5.41) is 0. The SMILES string of the molecule is CN(C)CCS1(=O)=C(c2ccccc2)[C@@H]2CN(Cc3cnc[nH]3)c3ccc(-c4ccccc4)cc3CN21. The lowest BCUT2D eigenvalue weighted by Crippen LogP contribution is -2.62. The van der Waals surface area contributed by atoms with Gasteiger partial charge in [0.05, 0.1) is 24.6 Å². The first-order chi connectivity index (χ1) is 18.0. The van der Waals surface area contributed by atoms with Crippen LogP contribution < -0.4 is 4.90 Å². The summed E-state index contributed by atoms with van der Waals surface area (Å²) < 4.78 is 17.1. The number of hydrogen-bond donors (Lipinski definition) is 1. The number of benzene rings is 3. The van der Waals surface area contributed by atoms with E-state index in [4.69, 9.17) is 0 Å². The van der Waals surface area contributed by atoms with Crippen LogP contribution in [0.4, 0.5) is 5.69 Å². The summed E-state index contributed by atoms with van der Waals surface area (Å²) in [5.74, 6) is 0.634. The second-order valence-corrected chi connectivity index (χ2v) is 12.7.